The van der Waals surface area contributed by atoms with Crippen LogP contribution >= 0.6 is 0 Å². The summed E-state index contributed by atoms with van der Waals surface area (Å²) in [5, 5.41) is 8.63. The van der Waals surface area contributed by atoms with Crippen molar-refractivity contribution in [3.05, 3.63) is 29.8 Å². The Morgan fingerprint density at radius 3 is 2.67 bits per heavy atom. The summed E-state index contributed by atoms with van der Waals surface area (Å²) in [6, 6.07) is 5.36. The standard InChI is InChI=1S/C11H14O4/c1-13-11-8-9(4-3-7-12)5-6-10(11)15-14-2/h3-6,8,12H,7H2,1-2H3/b4-3+. The van der Waals surface area contributed by atoms with Crippen molar-refractivity contribution in [2.24, 2.45) is 0 Å². The molecule has 0 amide bonds. The Balaban J connectivity index is 2.91. The van der Waals surface area contributed by atoms with E-state index in [4.69, 9.17) is 14.7 Å². The van der Waals surface area contributed by atoms with Gasteiger partial charge in [-0.25, -0.2) is 0 Å². The van der Waals surface area contributed by atoms with Gasteiger partial charge in [0.2, 0.25) is 5.75 Å². The van der Waals surface area contributed by atoms with Gasteiger partial charge < -0.3 is 14.7 Å². The van der Waals surface area contributed by atoms with Crippen molar-refractivity contribution in [1.29, 1.82) is 0 Å². The van der Waals surface area contributed by atoms with E-state index in [0.29, 0.717) is 11.5 Å². The van der Waals surface area contributed by atoms with Gasteiger partial charge in [-0.1, -0.05) is 18.2 Å². The van der Waals surface area contributed by atoms with E-state index in [9.17, 15) is 0 Å². The zero-order chi connectivity index (χ0) is 11.1. The van der Waals surface area contributed by atoms with Crippen molar-refractivity contribution >= 4 is 6.08 Å². The normalized spacial score (nSPS) is 10.6. The number of benzene rings is 1. The number of hydrogen-bond donors (Lipinski definition) is 1. The first kappa shape index (κ1) is 11.6. The fourth-order valence-corrected chi connectivity index (χ4v) is 1.14. The van der Waals surface area contributed by atoms with Crippen molar-refractivity contribution in [3.8, 4) is 11.5 Å². The zero-order valence-corrected chi connectivity index (χ0v) is 8.77. The Hall–Kier alpha value is -1.52. The van der Waals surface area contributed by atoms with Crippen LogP contribution in [-0.2, 0) is 4.89 Å². The van der Waals surface area contributed by atoms with Crippen LogP contribution in [0.4, 0.5) is 0 Å². The smallest absolute Gasteiger partial charge is 0.207 e. The molecule has 0 unspecified atom stereocenters. The van der Waals surface area contributed by atoms with Crippen LogP contribution < -0.4 is 9.62 Å². The Kier molecular flexibility index (Phi) is 4.66. The lowest BCUT2D eigenvalue weighted by atomic mass is 10.2. The van der Waals surface area contributed by atoms with Crippen LogP contribution in [0.15, 0.2) is 24.3 Å². The second kappa shape index (κ2) is 6.06. The molecule has 0 aliphatic heterocycles. The molecule has 1 aromatic carbocycles. The SMILES string of the molecule is COOc1ccc(/C=C/CO)cc1OC. The first-order valence-electron chi connectivity index (χ1n) is 4.48. The van der Waals surface area contributed by atoms with E-state index in [1.165, 1.54) is 7.11 Å². The summed E-state index contributed by atoms with van der Waals surface area (Å²) < 4.78 is 5.12. The number of rotatable bonds is 5. The van der Waals surface area contributed by atoms with Crippen molar-refractivity contribution in [2.75, 3.05) is 20.8 Å². The Bertz CT molecular complexity index is 333. The van der Waals surface area contributed by atoms with Gasteiger partial charge in [0.1, 0.15) is 0 Å². The van der Waals surface area contributed by atoms with Crippen molar-refractivity contribution in [2.45, 2.75) is 0 Å². The van der Waals surface area contributed by atoms with E-state index in [0.717, 1.165) is 5.56 Å². The second-order valence-corrected chi connectivity index (χ2v) is 2.75. The number of aliphatic hydroxyl groups is 1. The van der Waals surface area contributed by atoms with Gasteiger partial charge in [-0.2, -0.15) is 4.89 Å². The topological polar surface area (TPSA) is 47.9 Å². The average Bonchev–Trinajstić information content (AvgIpc) is 2.28. The molecule has 0 spiro atoms. The second-order valence-electron chi connectivity index (χ2n) is 2.75. The third-order valence-corrected chi connectivity index (χ3v) is 1.78. The van der Waals surface area contributed by atoms with Crippen LogP contribution in [-0.4, -0.2) is 25.9 Å². The Labute approximate surface area is 88.6 Å². The van der Waals surface area contributed by atoms with Crippen LogP contribution in [0.25, 0.3) is 6.08 Å². The summed E-state index contributed by atoms with van der Waals surface area (Å²) in [6.45, 7) is 0.0125. The van der Waals surface area contributed by atoms with Gasteiger partial charge in [0.25, 0.3) is 0 Å². The molecule has 0 saturated carbocycles. The summed E-state index contributed by atoms with van der Waals surface area (Å²) >= 11 is 0. The first-order chi connectivity index (χ1) is 7.31. The molecule has 1 rings (SSSR count). The molecule has 82 valence electrons. The van der Waals surface area contributed by atoms with Gasteiger partial charge in [0.15, 0.2) is 5.75 Å². The summed E-state index contributed by atoms with van der Waals surface area (Å²) in [7, 11) is 2.98. The van der Waals surface area contributed by atoms with E-state index >= 15 is 0 Å². The highest BCUT2D eigenvalue weighted by Gasteiger charge is 2.04. The molecule has 4 nitrogen and oxygen atoms in total. The maximum atomic E-state index is 8.63. The molecule has 0 atom stereocenters. The van der Waals surface area contributed by atoms with Gasteiger partial charge in [-0.3, -0.25) is 0 Å². The molecular weight excluding hydrogens is 196 g/mol. The minimum atomic E-state index is 0.0125. The van der Waals surface area contributed by atoms with Crippen LogP contribution in [0, 0.1) is 0 Å². The number of hydrogen-bond acceptors (Lipinski definition) is 4. The number of methoxy groups -OCH3 is 1. The summed E-state index contributed by atoms with van der Waals surface area (Å²) in [5.41, 5.74) is 0.921. The Morgan fingerprint density at radius 1 is 1.27 bits per heavy atom. The minimum Gasteiger partial charge on any atom is -0.493 e. The molecule has 0 aliphatic carbocycles. The van der Waals surface area contributed by atoms with E-state index in [1.807, 2.05) is 6.07 Å². The average molecular weight is 210 g/mol. The van der Waals surface area contributed by atoms with Gasteiger partial charge in [-0.15, -0.1) is 0 Å². The molecule has 1 N–H and O–H groups in total. The van der Waals surface area contributed by atoms with E-state index in [2.05, 4.69) is 4.89 Å². The molecule has 1 aromatic rings. The highest BCUT2D eigenvalue weighted by atomic mass is 17.2. The fraction of sp³-hybridized carbons (Fsp3) is 0.273. The lowest BCUT2D eigenvalue weighted by molar-refractivity contribution is -0.179. The van der Waals surface area contributed by atoms with Crippen LogP contribution in [0.5, 0.6) is 11.5 Å². The van der Waals surface area contributed by atoms with Crippen molar-refractivity contribution < 1.29 is 19.6 Å². The van der Waals surface area contributed by atoms with Gasteiger partial charge in [0.05, 0.1) is 20.8 Å². The van der Waals surface area contributed by atoms with Gasteiger partial charge >= 0.3 is 0 Å². The molecule has 4 heteroatoms. The lowest BCUT2D eigenvalue weighted by Gasteiger charge is -2.07. The third kappa shape index (κ3) is 3.27. The molecule has 0 fully saturated rings. The molecule has 0 heterocycles. The minimum absolute atomic E-state index is 0.0125. The van der Waals surface area contributed by atoms with Crippen LogP contribution in [0.3, 0.4) is 0 Å². The summed E-state index contributed by atoms with van der Waals surface area (Å²) in [6.07, 6.45) is 3.44. The molecule has 15 heavy (non-hydrogen) atoms. The third-order valence-electron chi connectivity index (χ3n) is 1.78. The van der Waals surface area contributed by atoms with E-state index < -0.39 is 0 Å². The zero-order valence-electron chi connectivity index (χ0n) is 8.77. The highest BCUT2D eigenvalue weighted by molar-refractivity contribution is 5.55. The maximum Gasteiger partial charge on any atom is 0.207 e. The molecule has 0 radical (unpaired) electrons. The predicted octanol–water partition coefficient (Wildman–Crippen LogP) is 1.64. The van der Waals surface area contributed by atoms with E-state index in [-0.39, 0.29) is 6.61 Å². The fourth-order valence-electron chi connectivity index (χ4n) is 1.14. The predicted molar refractivity (Wildman–Crippen MR) is 56.8 cm³/mol. The van der Waals surface area contributed by atoms with Crippen LogP contribution in [0.1, 0.15) is 5.56 Å². The largest absolute Gasteiger partial charge is 0.493 e. The van der Waals surface area contributed by atoms with Crippen LogP contribution in [0.2, 0.25) is 0 Å². The molecule has 0 aliphatic rings. The van der Waals surface area contributed by atoms with Gasteiger partial charge in [0, 0.05) is 0 Å². The van der Waals surface area contributed by atoms with Gasteiger partial charge in [-0.05, 0) is 17.7 Å². The first-order valence-corrected chi connectivity index (χ1v) is 4.48. The molecule has 0 aromatic heterocycles. The number of aliphatic hydroxyl groups excluding tert-OH is 1. The molecule has 0 saturated heterocycles. The maximum absolute atomic E-state index is 8.63. The van der Waals surface area contributed by atoms with Crippen molar-refractivity contribution in [3.63, 3.8) is 0 Å². The number of ether oxygens (including phenoxy) is 1. The monoisotopic (exact) mass is 210 g/mol. The quantitative estimate of drug-likeness (QED) is 0.593. The van der Waals surface area contributed by atoms with Crippen molar-refractivity contribution in [1.82, 2.24) is 0 Å². The lowest BCUT2D eigenvalue weighted by Crippen LogP contribution is -1.94. The highest BCUT2D eigenvalue weighted by Crippen LogP contribution is 2.28. The molecular formula is C11H14O4. The molecule has 0 bridgehead atoms. The Morgan fingerprint density at radius 2 is 2.07 bits per heavy atom. The summed E-state index contributed by atoms with van der Waals surface area (Å²) in [5.74, 6) is 1.10. The summed E-state index contributed by atoms with van der Waals surface area (Å²) in [4.78, 5) is 9.44. The van der Waals surface area contributed by atoms with E-state index in [1.54, 1.807) is 31.4 Å².